The van der Waals surface area contributed by atoms with E-state index in [0.29, 0.717) is 13.0 Å². The van der Waals surface area contributed by atoms with E-state index in [9.17, 15) is 9.59 Å². The highest BCUT2D eigenvalue weighted by Gasteiger charge is 2.27. The minimum atomic E-state index is -0.0246. The molecule has 0 aromatic rings. The van der Waals surface area contributed by atoms with Crippen molar-refractivity contribution in [1.82, 2.24) is 10.6 Å². The quantitative estimate of drug-likeness (QED) is 0.640. The first-order valence-corrected chi connectivity index (χ1v) is 6.31. The predicted octanol–water partition coefficient (Wildman–Crippen LogP) is 0.145. The first-order chi connectivity index (χ1) is 7.99. The molecule has 1 aliphatic carbocycles. The van der Waals surface area contributed by atoms with Crippen molar-refractivity contribution < 1.29 is 9.59 Å². The summed E-state index contributed by atoms with van der Waals surface area (Å²) in [6.07, 6.45) is 2.89. The molecule has 0 spiro atoms. The maximum Gasteiger partial charge on any atom is 0.223 e. The summed E-state index contributed by atoms with van der Waals surface area (Å²) in [7, 11) is 0. The Hall–Kier alpha value is -1.10. The van der Waals surface area contributed by atoms with Gasteiger partial charge in [0.1, 0.15) is 0 Å². The molecule has 0 aromatic heterocycles. The van der Waals surface area contributed by atoms with E-state index in [1.165, 1.54) is 0 Å². The van der Waals surface area contributed by atoms with Gasteiger partial charge in [-0.15, -0.1) is 0 Å². The third-order valence-corrected chi connectivity index (χ3v) is 2.94. The highest BCUT2D eigenvalue weighted by atomic mass is 16.2. The molecule has 0 aromatic carbocycles. The molecule has 5 nitrogen and oxygen atoms in total. The van der Waals surface area contributed by atoms with E-state index in [4.69, 9.17) is 5.73 Å². The topological polar surface area (TPSA) is 84.2 Å². The van der Waals surface area contributed by atoms with Crippen LogP contribution in [0.3, 0.4) is 0 Å². The van der Waals surface area contributed by atoms with Crippen LogP contribution in [0.1, 0.15) is 39.5 Å². The van der Waals surface area contributed by atoms with E-state index in [1.807, 2.05) is 13.8 Å². The van der Waals surface area contributed by atoms with Crippen molar-refractivity contribution in [1.29, 1.82) is 0 Å². The Bertz CT molecular complexity index is 279. The molecule has 0 saturated heterocycles. The second-order valence-electron chi connectivity index (χ2n) is 5.03. The second-order valence-corrected chi connectivity index (χ2v) is 5.03. The van der Waals surface area contributed by atoms with Gasteiger partial charge in [-0.3, -0.25) is 9.59 Å². The van der Waals surface area contributed by atoms with Crippen LogP contribution in [0.5, 0.6) is 0 Å². The lowest BCUT2D eigenvalue weighted by Crippen LogP contribution is -2.36. The summed E-state index contributed by atoms with van der Waals surface area (Å²) < 4.78 is 0. The number of carbonyl (C=O) groups is 2. The third-order valence-electron chi connectivity index (χ3n) is 2.94. The van der Waals surface area contributed by atoms with Gasteiger partial charge in [-0.2, -0.15) is 0 Å². The van der Waals surface area contributed by atoms with Crippen molar-refractivity contribution >= 4 is 11.8 Å². The van der Waals surface area contributed by atoms with Gasteiger partial charge in [0.05, 0.1) is 0 Å². The molecule has 1 aliphatic rings. The zero-order valence-corrected chi connectivity index (χ0v) is 10.7. The van der Waals surface area contributed by atoms with Gasteiger partial charge >= 0.3 is 0 Å². The highest BCUT2D eigenvalue weighted by molar-refractivity contribution is 5.80. The van der Waals surface area contributed by atoms with Crippen LogP contribution < -0.4 is 16.4 Å². The van der Waals surface area contributed by atoms with Crippen molar-refractivity contribution in [2.75, 3.05) is 6.54 Å². The van der Waals surface area contributed by atoms with Crippen molar-refractivity contribution in [3.05, 3.63) is 0 Å². The monoisotopic (exact) mass is 241 g/mol. The summed E-state index contributed by atoms with van der Waals surface area (Å²) in [5.41, 5.74) is 5.75. The van der Waals surface area contributed by atoms with Crippen molar-refractivity contribution in [3.8, 4) is 0 Å². The van der Waals surface area contributed by atoms with Crippen LogP contribution in [-0.4, -0.2) is 30.4 Å². The van der Waals surface area contributed by atoms with Gasteiger partial charge in [0, 0.05) is 31.0 Å². The Morgan fingerprint density at radius 2 is 2.06 bits per heavy atom. The van der Waals surface area contributed by atoms with E-state index in [-0.39, 0.29) is 29.8 Å². The predicted molar refractivity (Wildman–Crippen MR) is 66.2 cm³/mol. The molecule has 2 amide bonds. The Morgan fingerprint density at radius 1 is 1.35 bits per heavy atom. The van der Waals surface area contributed by atoms with E-state index in [0.717, 1.165) is 19.3 Å². The molecule has 0 heterocycles. The average Bonchev–Trinajstić information content (AvgIpc) is 2.63. The van der Waals surface area contributed by atoms with Crippen LogP contribution in [0, 0.1) is 5.92 Å². The lowest BCUT2D eigenvalue weighted by Gasteiger charge is -2.11. The summed E-state index contributed by atoms with van der Waals surface area (Å²) in [5, 5.41) is 5.58. The standard InChI is InChI=1S/C12H23N3O2/c1-8(2)15-11(16)5-6-14-12(17)9-3-4-10(13)7-9/h8-10H,3-7,13H2,1-2H3,(H,14,17)(H,15,16). The zero-order chi connectivity index (χ0) is 12.8. The molecule has 0 radical (unpaired) electrons. The lowest BCUT2D eigenvalue weighted by atomic mass is 10.1. The number of amides is 2. The second kappa shape index (κ2) is 6.59. The molecular weight excluding hydrogens is 218 g/mol. The Kier molecular flexibility index (Phi) is 5.41. The van der Waals surface area contributed by atoms with Crippen LogP contribution >= 0.6 is 0 Å². The van der Waals surface area contributed by atoms with Gasteiger partial charge in [-0.1, -0.05) is 0 Å². The van der Waals surface area contributed by atoms with Gasteiger partial charge in [0.15, 0.2) is 0 Å². The Morgan fingerprint density at radius 3 is 2.59 bits per heavy atom. The van der Waals surface area contributed by atoms with Crippen LogP contribution in [0.4, 0.5) is 0 Å². The number of rotatable bonds is 5. The Labute approximate surface area is 103 Å². The summed E-state index contributed by atoms with van der Waals surface area (Å²) in [4.78, 5) is 23.0. The van der Waals surface area contributed by atoms with Crippen molar-refractivity contribution in [2.45, 2.75) is 51.6 Å². The van der Waals surface area contributed by atoms with Gasteiger partial charge in [-0.05, 0) is 33.1 Å². The van der Waals surface area contributed by atoms with Crippen molar-refractivity contribution in [3.63, 3.8) is 0 Å². The molecule has 0 aliphatic heterocycles. The number of carbonyl (C=O) groups excluding carboxylic acids is 2. The molecule has 1 rings (SSSR count). The van der Waals surface area contributed by atoms with E-state index in [2.05, 4.69) is 10.6 Å². The minimum absolute atomic E-state index is 0.0246. The molecular formula is C12H23N3O2. The molecule has 98 valence electrons. The first-order valence-electron chi connectivity index (χ1n) is 6.31. The smallest absolute Gasteiger partial charge is 0.223 e. The number of nitrogens with two attached hydrogens (primary N) is 1. The van der Waals surface area contributed by atoms with Crippen LogP contribution in [0.15, 0.2) is 0 Å². The SMILES string of the molecule is CC(C)NC(=O)CCNC(=O)C1CCC(N)C1. The molecule has 2 atom stereocenters. The molecule has 4 N–H and O–H groups in total. The Balaban J connectivity index is 2.14. The lowest BCUT2D eigenvalue weighted by molar-refractivity contribution is -0.125. The maximum absolute atomic E-state index is 11.7. The van der Waals surface area contributed by atoms with E-state index in [1.54, 1.807) is 0 Å². The molecule has 2 unspecified atom stereocenters. The highest BCUT2D eigenvalue weighted by Crippen LogP contribution is 2.23. The maximum atomic E-state index is 11.7. The van der Waals surface area contributed by atoms with Gasteiger partial charge in [0.25, 0.3) is 0 Å². The molecule has 5 heteroatoms. The molecule has 17 heavy (non-hydrogen) atoms. The third kappa shape index (κ3) is 5.17. The number of hydrogen-bond acceptors (Lipinski definition) is 3. The summed E-state index contributed by atoms with van der Waals surface area (Å²) in [6.45, 7) is 4.23. The fraction of sp³-hybridized carbons (Fsp3) is 0.833. The van der Waals surface area contributed by atoms with E-state index < -0.39 is 0 Å². The minimum Gasteiger partial charge on any atom is -0.355 e. The average molecular weight is 241 g/mol. The van der Waals surface area contributed by atoms with Crippen LogP contribution in [0.25, 0.3) is 0 Å². The molecule has 0 bridgehead atoms. The zero-order valence-electron chi connectivity index (χ0n) is 10.7. The van der Waals surface area contributed by atoms with Crippen LogP contribution in [0.2, 0.25) is 0 Å². The largest absolute Gasteiger partial charge is 0.355 e. The summed E-state index contributed by atoms with van der Waals surface area (Å²) in [6, 6.07) is 0.307. The van der Waals surface area contributed by atoms with Crippen molar-refractivity contribution in [2.24, 2.45) is 11.7 Å². The van der Waals surface area contributed by atoms with E-state index >= 15 is 0 Å². The first kappa shape index (κ1) is 14.0. The normalized spacial score (nSPS) is 23.8. The van der Waals surface area contributed by atoms with Crippen LogP contribution in [-0.2, 0) is 9.59 Å². The molecule has 1 saturated carbocycles. The fourth-order valence-electron chi connectivity index (χ4n) is 2.09. The van der Waals surface area contributed by atoms with Gasteiger partial charge in [-0.25, -0.2) is 0 Å². The molecule has 1 fully saturated rings. The number of hydrogen-bond donors (Lipinski definition) is 3. The summed E-state index contributed by atoms with van der Waals surface area (Å²) in [5.74, 6) is 0.0527. The fourth-order valence-corrected chi connectivity index (χ4v) is 2.09. The summed E-state index contributed by atoms with van der Waals surface area (Å²) >= 11 is 0. The van der Waals surface area contributed by atoms with Gasteiger partial charge < -0.3 is 16.4 Å². The number of nitrogens with one attached hydrogen (secondary N) is 2. The van der Waals surface area contributed by atoms with Gasteiger partial charge in [0.2, 0.25) is 11.8 Å².